The third-order valence-corrected chi connectivity index (χ3v) is 6.47. The van der Waals surface area contributed by atoms with Gasteiger partial charge in [0.05, 0.1) is 26.5 Å². The van der Waals surface area contributed by atoms with E-state index in [1.807, 2.05) is 17.2 Å². The van der Waals surface area contributed by atoms with Crippen molar-refractivity contribution in [2.45, 2.75) is 38.6 Å². The van der Waals surface area contributed by atoms with E-state index in [9.17, 15) is 9.59 Å². The van der Waals surface area contributed by atoms with Crippen molar-refractivity contribution in [2.24, 2.45) is 0 Å². The topological polar surface area (TPSA) is 62.3 Å². The molecule has 25 heavy (non-hydrogen) atoms. The number of carbonyl (C=O) groups is 2. The van der Waals surface area contributed by atoms with Gasteiger partial charge in [-0.1, -0.05) is 18.5 Å². The van der Waals surface area contributed by atoms with Gasteiger partial charge in [0.25, 0.3) is 5.91 Å². The Hall–Kier alpha value is -1.44. The van der Waals surface area contributed by atoms with E-state index in [0.29, 0.717) is 28.7 Å². The minimum atomic E-state index is 0.0265. The first-order valence-electron chi connectivity index (χ1n) is 8.32. The zero-order valence-corrected chi connectivity index (χ0v) is 16.3. The molecule has 0 unspecified atom stereocenters. The van der Waals surface area contributed by atoms with Crippen LogP contribution in [0.5, 0.6) is 0 Å². The second-order valence-corrected chi connectivity index (χ2v) is 8.61. The molecule has 2 aromatic rings. The van der Waals surface area contributed by atoms with Gasteiger partial charge in [-0.05, 0) is 25.0 Å². The molecule has 0 spiro atoms. The van der Waals surface area contributed by atoms with Crippen LogP contribution in [-0.2, 0) is 11.3 Å². The number of carbonyl (C=O) groups excluding carboxylic acids is 2. The van der Waals surface area contributed by atoms with Gasteiger partial charge in [0.2, 0.25) is 5.91 Å². The number of thiazole rings is 1. The first-order chi connectivity index (χ1) is 12.1. The molecule has 1 aliphatic rings. The Balaban J connectivity index is 1.62. The summed E-state index contributed by atoms with van der Waals surface area (Å²) in [5, 5.41) is 5.88. The zero-order valence-electron chi connectivity index (χ0n) is 14.0. The Morgan fingerprint density at radius 3 is 3.00 bits per heavy atom. The summed E-state index contributed by atoms with van der Waals surface area (Å²) >= 11 is 8.88. The van der Waals surface area contributed by atoms with Crippen molar-refractivity contribution in [3.63, 3.8) is 0 Å². The number of piperidine rings is 1. The number of nitrogens with zero attached hydrogens (tertiary/aromatic N) is 2. The van der Waals surface area contributed by atoms with Crippen LogP contribution in [0.1, 0.15) is 52.5 Å². The fourth-order valence-electron chi connectivity index (χ4n) is 2.85. The predicted molar refractivity (Wildman–Crippen MR) is 101 cm³/mol. The second-order valence-electron chi connectivity index (χ2n) is 6.00. The second kappa shape index (κ2) is 8.29. The van der Waals surface area contributed by atoms with E-state index in [0.717, 1.165) is 30.1 Å². The van der Waals surface area contributed by atoms with E-state index in [2.05, 4.69) is 10.3 Å². The Morgan fingerprint density at radius 2 is 2.28 bits per heavy atom. The van der Waals surface area contributed by atoms with Gasteiger partial charge < -0.3 is 10.2 Å². The van der Waals surface area contributed by atoms with Gasteiger partial charge in [0, 0.05) is 30.8 Å². The van der Waals surface area contributed by atoms with Crippen LogP contribution in [0.15, 0.2) is 17.5 Å². The molecule has 8 heteroatoms. The van der Waals surface area contributed by atoms with E-state index in [1.54, 1.807) is 23.5 Å². The molecule has 0 aromatic carbocycles. The number of halogens is 1. The summed E-state index contributed by atoms with van der Waals surface area (Å²) in [6.07, 6.45) is 2.48. The number of hydrogen-bond acceptors (Lipinski definition) is 5. The third-order valence-electron chi connectivity index (χ3n) is 4.20. The molecule has 2 aromatic heterocycles. The molecule has 0 bridgehead atoms. The van der Waals surface area contributed by atoms with Crippen molar-refractivity contribution >= 4 is 46.1 Å². The van der Waals surface area contributed by atoms with Gasteiger partial charge in [0.15, 0.2) is 0 Å². The summed E-state index contributed by atoms with van der Waals surface area (Å²) in [7, 11) is 0. The van der Waals surface area contributed by atoms with E-state index in [4.69, 9.17) is 11.6 Å². The molecule has 1 aliphatic heterocycles. The maximum atomic E-state index is 12.6. The van der Waals surface area contributed by atoms with Crippen LogP contribution in [0.3, 0.4) is 0 Å². The van der Waals surface area contributed by atoms with Gasteiger partial charge in [-0.15, -0.1) is 22.7 Å². The summed E-state index contributed by atoms with van der Waals surface area (Å²) in [4.78, 5) is 31.2. The molecule has 0 aliphatic carbocycles. The summed E-state index contributed by atoms with van der Waals surface area (Å²) < 4.78 is 0.635. The lowest BCUT2D eigenvalue weighted by Gasteiger charge is -2.31. The van der Waals surface area contributed by atoms with Gasteiger partial charge in [-0.25, -0.2) is 4.98 Å². The van der Waals surface area contributed by atoms with Gasteiger partial charge in [0.1, 0.15) is 0 Å². The zero-order chi connectivity index (χ0) is 17.8. The molecular formula is C17H20ClN3O2S2. The fourth-order valence-corrected chi connectivity index (χ4v) is 4.81. The maximum absolute atomic E-state index is 12.6. The average molecular weight is 398 g/mol. The number of hydrogen-bond donors (Lipinski definition) is 1. The standard InChI is InChI=1S/C17H20ClN3O2S2/c1-2-15(22)19-8-12-10-24-16(20-12)11-4-3-7-21(9-11)17(23)13-5-6-14(18)25-13/h5-6,10-11H,2-4,7-9H2,1H3,(H,19,22)/t11-/m1/s1. The number of rotatable bonds is 5. The average Bonchev–Trinajstić information content (AvgIpc) is 3.28. The summed E-state index contributed by atoms with van der Waals surface area (Å²) in [6.45, 7) is 3.75. The first-order valence-corrected chi connectivity index (χ1v) is 10.4. The Labute approximate surface area is 160 Å². The summed E-state index contributed by atoms with van der Waals surface area (Å²) in [5.74, 6) is 0.334. The molecule has 134 valence electrons. The van der Waals surface area contributed by atoms with Gasteiger partial charge >= 0.3 is 0 Å². The Morgan fingerprint density at radius 1 is 1.44 bits per heavy atom. The number of amides is 2. The SMILES string of the molecule is CCC(=O)NCc1csc([C@@H]2CCCN(C(=O)c3ccc(Cl)s3)C2)n1. The van der Waals surface area contributed by atoms with Crippen molar-refractivity contribution in [1.82, 2.24) is 15.2 Å². The summed E-state index contributed by atoms with van der Waals surface area (Å²) in [5.41, 5.74) is 0.885. The van der Waals surface area contributed by atoms with E-state index < -0.39 is 0 Å². The molecule has 1 atom stereocenters. The van der Waals surface area contributed by atoms with Crippen LogP contribution < -0.4 is 5.32 Å². The third kappa shape index (κ3) is 4.59. The number of aromatic nitrogens is 1. The Kier molecular flexibility index (Phi) is 6.09. The first kappa shape index (κ1) is 18.4. The monoisotopic (exact) mass is 397 g/mol. The highest BCUT2D eigenvalue weighted by atomic mass is 35.5. The quantitative estimate of drug-likeness (QED) is 0.832. The van der Waals surface area contributed by atoms with Gasteiger partial charge in [-0.3, -0.25) is 9.59 Å². The molecule has 0 radical (unpaired) electrons. The van der Waals surface area contributed by atoms with Crippen molar-refractivity contribution in [1.29, 1.82) is 0 Å². The van der Waals surface area contributed by atoms with Crippen LogP contribution in [0, 0.1) is 0 Å². The number of thiophene rings is 1. The van der Waals surface area contributed by atoms with Crippen molar-refractivity contribution in [3.05, 3.63) is 37.4 Å². The van der Waals surface area contributed by atoms with Crippen LogP contribution in [0.4, 0.5) is 0 Å². The van der Waals surface area contributed by atoms with Crippen molar-refractivity contribution in [3.8, 4) is 0 Å². The lowest BCUT2D eigenvalue weighted by molar-refractivity contribution is -0.120. The number of nitrogens with one attached hydrogen (secondary N) is 1. The van der Waals surface area contributed by atoms with Crippen LogP contribution in [0.2, 0.25) is 4.34 Å². The molecule has 3 rings (SSSR count). The minimum Gasteiger partial charge on any atom is -0.350 e. The lowest BCUT2D eigenvalue weighted by Crippen LogP contribution is -2.38. The normalized spacial score (nSPS) is 17.5. The molecule has 1 N–H and O–H groups in total. The van der Waals surface area contributed by atoms with Gasteiger partial charge in [-0.2, -0.15) is 0 Å². The molecular weight excluding hydrogens is 378 g/mol. The fraction of sp³-hybridized carbons (Fsp3) is 0.471. The molecule has 1 saturated heterocycles. The largest absolute Gasteiger partial charge is 0.350 e. The number of likely N-dealkylation sites (tertiary alicyclic amines) is 1. The highest BCUT2D eigenvalue weighted by molar-refractivity contribution is 7.18. The van der Waals surface area contributed by atoms with Crippen LogP contribution in [-0.4, -0.2) is 34.8 Å². The maximum Gasteiger partial charge on any atom is 0.263 e. The highest BCUT2D eigenvalue weighted by Gasteiger charge is 2.28. The molecule has 3 heterocycles. The lowest BCUT2D eigenvalue weighted by atomic mass is 9.98. The highest BCUT2D eigenvalue weighted by Crippen LogP contribution is 2.31. The Bertz CT molecular complexity index is 759. The predicted octanol–water partition coefficient (Wildman–Crippen LogP) is 3.90. The molecule has 5 nitrogen and oxygen atoms in total. The van der Waals surface area contributed by atoms with E-state index >= 15 is 0 Å². The van der Waals surface area contributed by atoms with E-state index in [-0.39, 0.29) is 17.7 Å². The summed E-state index contributed by atoms with van der Waals surface area (Å²) in [6, 6.07) is 3.55. The minimum absolute atomic E-state index is 0.0265. The van der Waals surface area contributed by atoms with E-state index in [1.165, 1.54) is 11.3 Å². The molecule has 1 fully saturated rings. The van der Waals surface area contributed by atoms with Crippen LogP contribution >= 0.6 is 34.3 Å². The van der Waals surface area contributed by atoms with Crippen molar-refractivity contribution < 1.29 is 9.59 Å². The van der Waals surface area contributed by atoms with Crippen LogP contribution in [0.25, 0.3) is 0 Å². The molecule has 0 saturated carbocycles. The van der Waals surface area contributed by atoms with Crippen molar-refractivity contribution in [2.75, 3.05) is 13.1 Å². The molecule has 2 amide bonds. The smallest absolute Gasteiger partial charge is 0.263 e.